The van der Waals surface area contributed by atoms with Gasteiger partial charge < -0.3 is 30.7 Å². The molecule has 4 bridgehead atoms. The van der Waals surface area contributed by atoms with Crippen molar-refractivity contribution in [1.29, 1.82) is 0 Å². The summed E-state index contributed by atoms with van der Waals surface area (Å²) < 4.78 is 12.5. The molecule has 2 aliphatic carbocycles. The minimum Gasteiger partial charge on any atom is -0.493 e. The van der Waals surface area contributed by atoms with Crippen molar-refractivity contribution in [2.24, 2.45) is 17.6 Å². The fourth-order valence-electron chi connectivity index (χ4n) is 6.84. The van der Waals surface area contributed by atoms with Crippen LogP contribution in [0.4, 0.5) is 0 Å². The summed E-state index contributed by atoms with van der Waals surface area (Å²) in [7, 11) is 0. The summed E-state index contributed by atoms with van der Waals surface area (Å²) in [6.45, 7) is 4.45. The fraction of sp³-hybridized carbons (Fsp3) is 0.667. The highest BCUT2D eigenvalue weighted by atomic mass is 16.5. The average Bonchev–Trinajstić information content (AvgIpc) is 3.71. The number of nitrogens with zero attached hydrogens (tertiary/aromatic N) is 1. The first-order chi connectivity index (χ1) is 21.0. The number of carbonyl (C=O) groups excluding carboxylic acids is 5. The molecule has 3 fully saturated rings. The van der Waals surface area contributed by atoms with Crippen LogP contribution in [0.3, 0.4) is 0 Å². The van der Waals surface area contributed by atoms with Crippen LogP contribution in [0.25, 0.3) is 0 Å². The molecule has 1 unspecified atom stereocenters. The largest absolute Gasteiger partial charge is 0.493 e. The molecule has 0 spiro atoms. The predicted octanol–water partition coefficient (Wildman–Crippen LogP) is 2.18. The lowest BCUT2D eigenvalue weighted by molar-refractivity contribution is -0.144. The van der Waals surface area contributed by atoms with Gasteiger partial charge in [0.25, 0.3) is 5.91 Å². The van der Waals surface area contributed by atoms with Gasteiger partial charge in [-0.05, 0) is 62.6 Å². The number of amides is 4. The summed E-state index contributed by atoms with van der Waals surface area (Å²) in [5.74, 6) is -2.20. The Morgan fingerprint density at radius 2 is 1.86 bits per heavy atom. The van der Waals surface area contributed by atoms with Crippen LogP contribution in [0.2, 0.25) is 0 Å². The zero-order valence-electron chi connectivity index (χ0n) is 25.8. The molecule has 4 aliphatic rings. The Morgan fingerprint density at radius 1 is 1.11 bits per heavy atom. The number of nitrogens with two attached hydrogens (primary N) is 1. The molecular formula is C33H46N4O7. The van der Waals surface area contributed by atoms with Crippen LogP contribution in [0, 0.1) is 11.8 Å². The van der Waals surface area contributed by atoms with Crippen molar-refractivity contribution in [1.82, 2.24) is 15.5 Å². The smallest absolute Gasteiger partial charge is 0.287 e. The van der Waals surface area contributed by atoms with Crippen LogP contribution in [0.5, 0.6) is 5.75 Å². The van der Waals surface area contributed by atoms with Crippen molar-refractivity contribution in [3.8, 4) is 5.75 Å². The van der Waals surface area contributed by atoms with Gasteiger partial charge >= 0.3 is 0 Å². The number of rotatable bonds is 7. The number of benzene rings is 1. The second-order valence-electron chi connectivity index (χ2n) is 13.6. The van der Waals surface area contributed by atoms with Gasteiger partial charge in [-0.1, -0.05) is 44.2 Å². The standard InChI is InChI=1S/C33H46N4O7/c1-33(2)13-14-43-23-10-6-7-21(15-23)17-27(38)36-28(22-8-4-3-5-9-22)32(42)37-19-24(44-33)18-26(37)31(41)35-25(16-20-11-12-20)29(39)30(34)40/h6-7,10,15,20,22,24-26,28H,3-5,8-9,11-14,16-19H2,1-2H3,(H2,34,40)(H,35,41)(H,36,38)/t24-,25?,26+,28+/m1/s1. The quantitative estimate of drug-likeness (QED) is 0.400. The maximum Gasteiger partial charge on any atom is 0.287 e. The van der Waals surface area contributed by atoms with Gasteiger partial charge in [0.05, 0.1) is 30.8 Å². The lowest BCUT2D eigenvalue weighted by Crippen LogP contribution is -2.58. The van der Waals surface area contributed by atoms with E-state index in [0.717, 1.165) is 50.5 Å². The summed E-state index contributed by atoms with van der Waals surface area (Å²) in [6.07, 6.45) is 7.19. The van der Waals surface area contributed by atoms with Gasteiger partial charge in [-0.3, -0.25) is 24.0 Å². The van der Waals surface area contributed by atoms with E-state index in [4.69, 9.17) is 15.2 Å². The average molecular weight is 611 g/mol. The zero-order valence-corrected chi connectivity index (χ0v) is 25.8. The van der Waals surface area contributed by atoms with Crippen LogP contribution >= 0.6 is 0 Å². The molecule has 240 valence electrons. The molecule has 4 atom stereocenters. The lowest BCUT2D eigenvalue weighted by atomic mass is 9.83. The minimum absolute atomic E-state index is 0.0621. The molecule has 4 N–H and O–H groups in total. The van der Waals surface area contributed by atoms with Crippen LogP contribution in [0.15, 0.2) is 24.3 Å². The van der Waals surface area contributed by atoms with E-state index in [1.165, 1.54) is 4.90 Å². The molecule has 0 aromatic heterocycles. The van der Waals surface area contributed by atoms with Crippen molar-refractivity contribution in [2.45, 2.75) is 114 Å². The zero-order chi connectivity index (χ0) is 31.4. The van der Waals surface area contributed by atoms with E-state index in [2.05, 4.69) is 10.6 Å². The molecule has 5 rings (SSSR count). The lowest BCUT2D eigenvalue weighted by Gasteiger charge is -2.35. The van der Waals surface area contributed by atoms with E-state index in [9.17, 15) is 24.0 Å². The third-order valence-electron chi connectivity index (χ3n) is 9.42. The van der Waals surface area contributed by atoms with Gasteiger partial charge in [-0.2, -0.15) is 0 Å². The van der Waals surface area contributed by atoms with Crippen LogP contribution in [-0.2, 0) is 35.1 Å². The van der Waals surface area contributed by atoms with Crippen LogP contribution in [-0.4, -0.2) is 77.3 Å². The number of ether oxygens (including phenoxy) is 2. The summed E-state index contributed by atoms with van der Waals surface area (Å²) in [5.41, 5.74) is 5.47. The SMILES string of the molecule is CC1(C)CCOc2cccc(c2)CC(=O)N[C@@H](C2CCCCC2)C(=O)N2C[C@@H](C[C@H]2C(=O)NC(CC2CC2)C(=O)C(N)=O)O1. The van der Waals surface area contributed by atoms with E-state index in [0.29, 0.717) is 25.2 Å². The number of hydrogen-bond donors (Lipinski definition) is 3. The van der Waals surface area contributed by atoms with Gasteiger partial charge in [-0.25, -0.2) is 0 Å². The van der Waals surface area contributed by atoms with E-state index in [1.54, 1.807) is 0 Å². The molecule has 11 nitrogen and oxygen atoms in total. The third kappa shape index (κ3) is 8.16. The maximum atomic E-state index is 14.4. The Balaban J connectivity index is 1.44. The summed E-state index contributed by atoms with van der Waals surface area (Å²) in [5, 5.41) is 5.79. The number of primary amides is 1. The number of nitrogens with one attached hydrogen (secondary N) is 2. The Bertz CT molecular complexity index is 1260. The van der Waals surface area contributed by atoms with E-state index < -0.39 is 47.4 Å². The molecule has 1 saturated heterocycles. The van der Waals surface area contributed by atoms with Gasteiger partial charge in [0.1, 0.15) is 17.8 Å². The molecular weight excluding hydrogens is 564 g/mol. The predicted molar refractivity (Wildman–Crippen MR) is 161 cm³/mol. The minimum atomic E-state index is -1.09. The van der Waals surface area contributed by atoms with Crippen LogP contribution in [0.1, 0.15) is 83.6 Å². The molecule has 4 amide bonds. The van der Waals surface area contributed by atoms with Crippen molar-refractivity contribution < 1.29 is 33.4 Å². The van der Waals surface area contributed by atoms with Gasteiger partial charge in [-0.15, -0.1) is 0 Å². The highest BCUT2D eigenvalue weighted by molar-refractivity contribution is 6.37. The van der Waals surface area contributed by atoms with E-state index in [1.807, 2.05) is 38.1 Å². The Hall–Kier alpha value is -3.47. The van der Waals surface area contributed by atoms with Gasteiger partial charge in [0.15, 0.2) is 0 Å². The summed E-state index contributed by atoms with van der Waals surface area (Å²) >= 11 is 0. The highest BCUT2D eigenvalue weighted by Crippen LogP contribution is 2.35. The Kier molecular flexibility index (Phi) is 9.92. The first-order valence-electron chi connectivity index (χ1n) is 16.1. The molecule has 1 aromatic rings. The maximum absolute atomic E-state index is 14.4. The molecule has 1 aromatic carbocycles. The van der Waals surface area contributed by atoms with Crippen LogP contribution < -0.4 is 21.1 Å². The van der Waals surface area contributed by atoms with Crippen molar-refractivity contribution >= 4 is 29.4 Å². The first-order valence-corrected chi connectivity index (χ1v) is 16.1. The molecule has 2 heterocycles. The van der Waals surface area contributed by atoms with Gasteiger partial charge in [0, 0.05) is 19.4 Å². The number of hydrogen-bond acceptors (Lipinski definition) is 7. The normalized spacial score (nSPS) is 27.1. The fourth-order valence-corrected chi connectivity index (χ4v) is 6.84. The second kappa shape index (κ2) is 13.7. The number of fused-ring (bicyclic) bond motifs is 4. The second-order valence-corrected chi connectivity index (χ2v) is 13.6. The monoisotopic (exact) mass is 610 g/mol. The summed E-state index contributed by atoms with van der Waals surface area (Å²) in [6, 6.07) is 4.63. The Morgan fingerprint density at radius 3 is 2.57 bits per heavy atom. The van der Waals surface area contributed by atoms with Gasteiger partial charge in [0.2, 0.25) is 23.5 Å². The van der Waals surface area contributed by atoms with E-state index in [-0.39, 0.29) is 43.0 Å². The molecule has 2 aliphatic heterocycles. The topological polar surface area (TPSA) is 157 Å². The summed E-state index contributed by atoms with van der Waals surface area (Å²) in [4.78, 5) is 67.6. The number of ketones is 1. The first kappa shape index (κ1) is 31.9. The molecule has 11 heteroatoms. The third-order valence-corrected chi connectivity index (χ3v) is 9.42. The number of carbonyl (C=O) groups is 5. The van der Waals surface area contributed by atoms with Crippen molar-refractivity contribution in [2.75, 3.05) is 13.2 Å². The molecule has 44 heavy (non-hydrogen) atoms. The Labute approximate surface area is 258 Å². The van der Waals surface area contributed by atoms with E-state index >= 15 is 0 Å². The van der Waals surface area contributed by atoms with Crippen molar-refractivity contribution in [3.63, 3.8) is 0 Å². The molecule has 0 radical (unpaired) electrons. The molecule has 2 saturated carbocycles. The number of Topliss-reactive ketones (excluding diaryl/α,β-unsaturated/α-hetero) is 1. The highest BCUT2D eigenvalue weighted by Gasteiger charge is 2.46. The van der Waals surface area contributed by atoms with Crippen molar-refractivity contribution in [3.05, 3.63) is 29.8 Å².